The van der Waals surface area contributed by atoms with Gasteiger partial charge in [0.15, 0.2) is 11.6 Å². The standard InChI is InChI=1S/C19H23NO2/c1-5-15-17(12(3)21)19(14-10-8-7-9-11-14)18(13(4)22)16(6-2)20-15/h8-11,14H,5-7H2,1-4H3. The van der Waals surface area contributed by atoms with Crippen LogP contribution < -0.4 is 0 Å². The van der Waals surface area contributed by atoms with E-state index in [0.717, 1.165) is 23.4 Å². The highest BCUT2D eigenvalue weighted by molar-refractivity contribution is 6.04. The Morgan fingerprint density at radius 2 is 1.45 bits per heavy atom. The minimum absolute atomic E-state index is 0.0168. The summed E-state index contributed by atoms with van der Waals surface area (Å²) in [6.07, 6.45) is 10.6. The van der Waals surface area contributed by atoms with E-state index in [-0.39, 0.29) is 17.5 Å². The molecule has 2 rings (SSSR count). The lowest BCUT2D eigenvalue weighted by molar-refractivity contribution is 0.101. The molecule has 0 aromatic carbocycles. The highest BCUT2D eigenvalue weighted by Gasteiger charge is 2.26. The van der Waals surface area contributed by atoms with E-state index in [2.05, 4.69) is 29.3 Å². The van der Waals surface area contributed by atoms with Gasteiger partial charge in [-0.2, -0.15) is 0 Å². The zero-order valence-electron chi connectivity index (χ0n) is 13.8. The summed E-state index contributed by atoms with van der Waals surface area (Å²) in [5, 5.41) is 0. The zero-order valence-corrected chi connectivity index (χ0v) is 13.8. The zero-order chi connectivity index (χ0) is 16.3. The van der Waals surface area contributed by atoms with Crippen LogP contribution in [0.5, 0.6) is 0 Å². The molecule has 1 aromatic rings. The minimum Gasteiger partial charge on any atom is -0.294 e. The molecule has 0 fully saturated rings. The van der Waals surface area contributed by atoms with Crippen LogP contribution in [0.2, 0.25) is 0 Å². The second-order valence-electron chi connectivity index (χ2n) is 5.61. The quantitative estimate of drug-likeness (QED) is 0.604. The van der Waals surface area contributed by atoms with Crippen LogP contribution >= 0.6 is 0 Å². The molecule has 0 saturated carbocycles. The van der Waals surface area contributed by atoms with Crippen molar-refractivity contribution in [2.75, 3.05) is 0 Å². The number of aromatic nitrogens is 1. The van der Waals surface area contributed by atoms with Gasteiger partial charge in [0.25, 0.3) is 0 Å². The Bertz CT molecular complexity index is 616. The van der Waals surface area contributed by atoms with Crippen LogP contribution in [0.3, 0.4) is 0 Å². The fourth-order valence-corrected chi connectivity index (χ4v) is 3.13. The van der Waals surface area contributed by atoms with Gasteiger partial charge in [-0.05, 0) is 38.7 Å². The maximum Gasteiger partial charge on any atom is 0.161 e. The fraction of sp³-hybridized carbons (Fsp3) is 0.421. The average molecular weight is 297 g/mol. The summed E-state index contributed by atoms with van der Waals surface area (Å²) < 4.78 is 0. The van der Waals surface area contributed by atoms with E-state index in [1.165, 1.54) is 0 Å². The van der Waals surface area contributed by atoms with Crippen LogP contribution in [0.25, 0.3) is 0 Å². The smallest absolute Gasteiger partial charge is 0.161 e. The maximum absolute atomic E-state index is 12.3. The van der Waals surface area contributed by atoms with Crippen LogP contribution in [-0.4, -0.2) is 16.6 Å². The average Bonchev–Trinajstić information content (AvgIpc) is 2.53. The molecule has 116 valence electrons. The van der Waals surface area contributed by atoms with Crippen molar-refractivity contribution in [1.29, 1.82) is 0 Å². The monoisotopic (exact) mass is 297 g/mol. The molecule has 0 aliphatic heterocycles. The van der Waals surface area contributed by atoms with Crippen LogP contribution in [0.4, 0.5) is 0 Å². The normalized spacial score (nSPS) is 14.4. The molecule has 1 aliphatic rings. The van der Waals surface area contributed by atoms with Crippen molar-refractivity contribution in [3.05, 3.63) is 52.4 Å². The molecule has 1 aromatic heterocycles. The number of carbonyl (C=O) groups excluding carboxylic acids is 2. The molecule has 0 amide bonds. The summed E-state index contributed by atoms with van der Waals surface area (Å²) in [6, 6.07) is 0. The molecule has 0 unspecified atom stereocenters. The summed E-state index contributed by atoms with van der Waals surface area (Å²) in [5.41, 5.74) is 3.71. The maximum atomic E-state index is 12.3. The Labute approximate surface area is 132 Å². The number of pyridine rings is 1. The second-order valence-corrected chi connectivity index (χ2v) is 5.61. The first-order valence-electron chi connectivity index (χ1n) is 7.92. The third kappa shape index (κ3) is 2.94. The Kier molecular flexibility index (Phi) is 5.07. The fourth-order valence-electron chi connectivity index (χ4n) is 3.13. The molecule has 0 atom stereocenters. The molecule has 3 heteroatoms. The third-order valence-electron chi connectivity index (χ3n) is 4.05. The van der Waals surface area contributed by atoms with E-state index < -0.39 is 0 Å². The van der Waals surface area contributed by atoms with Gasteiger partial charge in [-0.25, -0.2) is 0 Å². The Morgan fingerprint density at radius 3 is 1.82 bits per heavy atom. The van der Waals surface area contributed by atoms with Gasteiger partial charge in [0.05, 0.1) is 11.4 Å². The summed E-state index contributed by atoms with van der Waals surface area (Å²) in [5.74, 6) is -0.0566. The predicted molar refractivity (Wildman–Crippen MR) is 88.6 cm³/mol. The summed E-state index contributed by atoms with van der Waals surface area (Å²) >= 11 is 0. The summed E-state index contributed by atoms with van der Waals surface area (Å²) in [4.78, 5) is 29.1. The predicted octanol–water partition coefficient (Wildman–Crippen LogP) is 4.21. The van der Waals surface area contributed by atoms with Gasteiger partial charge in [-0.1, -0.05) is 38.2 Å². The highest BCUT2D eigenvalue weighted by atomic mass is 16.1. The Hall–Kier alpha value is -2.03. The molecule has 0 saturated heterocycles. The Balaban J connectivity index is 2.86. The van der Waals surface area contributed by atoms with E-state index in [1.807, 2.05) is 13.8 Å². The molecule has 0 N–H and O–H groups in total. The van der Waals surface area contributed by atoms with Gasteiger partial charge in [0.2, 0.25) is 0 Å². The van der Waals surface area contributed by atoms with Gasteiger partial charge in [-0.15, -0.1) is 0 Å². The van der Waals surface area contributed by atoms with Crippen LogP contribution in [0.1, 0.15) is 77.7 Å². The highest BCUT2D eigenvalue weighted by Crippen LogP contribution is 2.33. The number of hydrogen-bond acceptors (Lipinski definition) is 3. The first kappa shape index (κ1) is 16.3. The number of ketones is 2. The van der Waals surface area contributed by atoms with Crippen LogP contribution in [0, 0.1) is 0 Å². The van der Waals surface area contributed by atoms with Crippen molar-refractivity contribution in [2.24, 2.45) is 0 Å². The van der Waals surface area contributed by atoms with Crippen molar-refractivity contribution >= 4 is 11.6 Å². The van der Waals surface area contributed by atoms with Crippen LogP contribution in [-0.2, 0) is 12.8 Å². The van der Waals surface area contributed by atoms with Crippen molar-refractivity contribution in [1.82, 2.24) is 4.98 Å². The van der Waals surface area contributed by atoms with Crippen molar-refractivity contribution in [2.45, 2.75) is 52.9 Å². The van der Waals surface area contributed by atoms with Crippen LogP contribution in [0.15, 0.2) is 24.3 Å². The number of hydrogen-bond donors (Lipinski definition) is 0. The number of rotatable bonds is 5. The number of aryl methyl sites for hydroxylation is 2. The van der Waals surface area contributed by atoms with Gasteiger partial charge in [0, 0.05) is 17.0 Å². The second kappa shape index (κ2) is 6.82. The molecule has 22 heavy (non-hydrogen) atoms. The van der Waals surface area contributed by atoms with Crippen molar-refractivity contribution in [3.63, 3.8) is 0 Å². The SMILES string of the molecule is CCc1nc(CC)c(C(C)=O)c(C2C=CCC=C2)c1C(C)=O. The van der Waals surface area contributed by atoms with E-state index >= 15 is 0 Å². The number of nitrogens with zero attached hydrogens (tertiary/aromatic N) is 1. The molecule has 0 radical (unpaired) electrons. The lowest BCUT2D eigenvalue weighted by atomic mass is 9.83. The van der Waals surface area contributed by atoms with Gasteiger partial charge >= 0.3 is 0 Å². The van der Waals surface area contributed by atoms with Crippen molar-refractivity contribution < 1.29 is 9.59 Å². The molecule has 0 spiro atoms. The van der Waals surface area contributed by atoms with E-state index in [1.54, 1.807) is 13.8 Å². The first-order valence-corrected chi connectivity index (χ1v) is 7.92. The Morgan fingerprint density at radius 1 is 1.00 bits per heavy atom. The molecule has 3 nitrogen and oxygen atoms in total. The van der Waals surface area contributed by atoms with E-state index in [9.17, 15) is 9.59 Å². The van der Waals surface area contributed by atoms with Gasteiger partial charge < -0.3 is 0 Å². The first-order chi connectivity index (χ1) is 10.5. The minimum atomic E-state index is -0.0230. The molecule has 0 bridgehead atoms. The summed E-state index contributed by atoms with van der Waals surface area (Å²) in [7, 11) is 0. The molecule has 1 aliphatic carbocycles. The van der Waals surface area contributed by atoms with E-state index in [4.69, 9.17) is 0 Å². The summed E-state index contributed by atoms with van der Waals surface area (Å²) in [6.45, 7) is 7.12. The largest absolute Gasteiger partial charge is 0.294 e. The number of allylic oxidation sites excluding steroid dienone is 4. The van der Waals surface area contributed by atoms with E-state index in [0.29, 0.717) is 24.0 Å². The molecule has 1 heterocycles. The third-order valence-corrected chi connectivity index (χ3v) is 4.05. The topological polar surface area (TPSA) is 47.0 Å². The number of Topliss-reactive ketones (excluding diaryl/α,β-unsaturated/α-hetero) is 2. The van der Waals surface area contributed by atoms with Crippen molar-refractivity contribution in [3.8, 4) is 0 Å². The van der Waals surface area contributed by atoms with Gasteiger partial charge in [-0.3, -0.25) is 14.6 Å². The van der Waals surface area contributed by atoms with Gasteiger partial charge in [0.1, 0.15) is 0 Å². The molecular weight excluding hydrogens is 274 g/mol. The molecular formula is C19H23NO2. The lowest BCUT2D eigenvalue weighted by Gasteiger charge is -2.22. The number of carbonyl (C=O) groups is 2. The lowest BCUT2D eigenvalue weighted by Crippen LogP contribution is -2.18.